The minimum absolute atomic E-state index is 0.221. The summed E-state index contributed by atoms with van der Waals surface area (Å²) in [5.74, 6) is 0. The Labute approximate surface area is 87.3 Å². The first-order valence-corrected chi connectivity index (χ1v) is 5.73. The molecule has 0 radical (unpaired) electrons. The number of piperidine rings is 1. The van der Waals surface area contributed by atoms with E-state index in [1.54, 1.807) is 0 Å². The van der Waals surface area contributed by atoms with Crippen LogP contribution in [0.3, 0.4) is 0 Å². The second-order valence-electron chi connectivity index (χ2n) is 4.60. The van der Waals surface area contributed by atoms with E-state index in [1.807, 2.05) is 6.92 Å². The molecule has 1 fully saturated rings. The monoisotopic (exact) mass is 200 g/mol. The van der Waals surface area contributed by atoms with Crippen molar-refractivity contribution < 1.29 is 5.11 Å². The summed E-state index contributed by atoms with van der Waals surface area (Å²) in [6.07, 6.45) is 3.40. The number of aliphatic hydroxyl groups excluding tert-OH is 1. The van der Waals surface area contributed by atoms with Crippen LogP contribution >= 0.6 is 0 Å². The molecule has 84 valence electrons. The van der Waals surface area contributed by atoms with E-state index in [-0.39, 0.29) is 12.1 Å². The van der Waals surface area contributed by atoms with Crippen molar-refractivity contribution >= 4 is 0 Å². The van der Waals surface area contributed by atoms with Crippen molar-refractivity contribution in [1.29, 1.82) is 0 Å². The molecule has 14 heavy (non-hydrogen) atoms. The molecule has 0 bridgehead atoms. The van der Waals surface area contributed by atoms with Gasteiger partial charge in [0.1, 0.15) is 0 Å². The van der Waals surface area contributed by atoms with Crippen molar-refractivity contribution in [2.45, 2.75) is 64.3 Å². The third-order valence-corrected chi connectivity index (χ3v) is 3.53. The molecule has 1 aliphatic rings. The fraction of sp³-hybridized carbons (Fsp3) is 1.00. The minimum Gasteiger partial charge on any atom is -0.392 e. The molecular formula is C11H24N2O. The van der Waals surface area contributed by atoms with Crippen LogP contribution in [0.2, 0.25) is 0 Å². The Kier molecular flexibility index (Phi) is 4.35. The van der Waals surface area contributed by atoms with Gasteiger partial charge >= 0.3 is 0 Å². The second-order valence-corrected chi connectivity index (χ2v) is 4.60. The average Bonchev–Trinajstić information content (AvgIpc) is 2.16. The molecule has 1 rings (SSSR count). The summed E-state index contributed by atoms with van der Waals surface area (Å²) in [7, 11) is 0. The largest absolute Gasteiger partial charge is 0.392 e. The quantitative estimate of drug-likeness (QED) is 0.713. The third-order valence-electron chi connectivity index (χ3n) is 3.53. The van der Waals surface area contributed by atoms with Crippen LogP contribution in [-0.2, 0) is 0 Å². The summed E-state index contributed by atoms with van der Waals surface area (Å²) in [4.78, 5) is 2.40. The van der Waals surface area contributed by atoms with Crippen molar-refractivity contribution in [2.24, 2.45) is 5.73 Å². The first-order chi connectivity index (χ1) is 6.57. The minimum atomic E-state index is -0.274. The highest BCUT2D eigenvalue weighted by Gasteiger charge is 2.32. The molecule has 0 spiro atoms. The zero-order valence-corrected chi connectivity index (χ0v) is 9.61. The molecule has 0 aliphatic carbocycles. The van der Waals surface area contributed by atoms with Crippen LogP contribution in [0.25, 0.3) is 0 Å². The highest BCUT2D eigenvalue weighted by molar-refractivity contribution is 4.88. The third kappa shape index (κ3) is 2.47. The summed E-state index contributed by atoms with van der Waals surface area (Å²) in [6.45, 7) is 6.90. The maximum Gasteiger partial charge on any atom is 0.0664 e. The highest BCUT2D eigenvalue weighted by atomic mass is 16.3. The molecular weight excluding hydrogens is 176 g/mol. The van der Waals surface area contributed by atoms with E-state index in [2.05, 4.69) is 18.7 Å². The van der Waals surface area contributed by atoms with Crippen LogP contribution in [0.4, 0.5) is 0 Å². The maximum atomic E-state index is 9.62. The molecule has 1 saturated heterocycles. The van der Waals surface area contributed by atoms with Gasteiger partial charge in [-0.05, 0) is 33.6 Å². The molecule has 0 amide bonds. The van der Waals surface area contributed by atoms with Crippen molar-refractivity contribution in [3.05, 3.63) is 0 Å². The van der Waals surface area contributed by atoms with Gasteiger partial charge in [-0.3, -0.25) is 4.90 Å². The van der Waals surface area contributed by atoms with Crippen molar-refractivity contribution in [2.75, 3.05) is 6.54 Å². The van der Waals surface area contributed by atoms with Crippen molar-refractivity contribution in [3.63, 3.8) is 0 Å². The van der Waals surface area contributed by atoms with Gasteiger partial charge in [-0.2, -0.15) is 0 Å². The molecule has 1 heterocycles. The molecule has 0 aromatic heterocycles. The standard InChI is InChI=1S/C11H24N2O/c1-8-5-4-6-11(7-12)13(8)9(2)10(3)14/h8-11,14H,4-7,12H2,1-3H3. The summed E-state index contributed by atoms with van der Waals surface area (Å²) < 4.78 is 0. The maximum absolute atomic E-state index is 9.62. The lowest BCUT2D eigenvalue weighted by Crippen LogP contribution is -2.55. The van der Waals surface area contributed by atoms with E-state index < -0.39 is 0 Å². The van der Waals surface area contributed by atoms with E-state index in [0.717, 1.165) is 0 Å². The number of rotatable bonds is 3. The predicted octanol–water partition coefficient (Wildman–Crippen LogP) is 0.957. The molecule has 0 aromatic carbocycles. The van der Waals surface area contributed by atoms with Gasteiger partial charge in [0.05, 0.1) is 6.10 Å². The average molecular weight is 200 g/mol. The van der Waals surface area contributed by atoms with E-state index in [9.17, 15) is 5.11 Å². The molecule has 4 unspecified atom stereocenters. The molecule has 4 atom stereocenters. The normalized spacial score (nSPS) is 34.1. The lowest BCUT2D eigenvalue weighted by atomic mass is 9.93. The molecule has 3 heteroatoms. The summed E-state index contributed by atoms with van der Waals surface area (Å²) >= 11 is 0. The number of nitrogens with two attached hydrogens (primary N) is 1. The zero-order valence-electron chi connectivity index (χ0n) is 9.61. The van der Waals surface area contributed by atoms with E-state index >= 15 is 0 Å². The van der Waals surface area contributed by atoms with Crippen LogP contribution in [-0.4, -0.2) is 40.8 Å². The zero-order chi connectivity index (χ0) is 10.7. The second kappa shape index (κ2) is 5.10. The summed E-state index contributed by atoms with van der Waals surface area (Å²) in [6, 6.07) is 1.24. The Balaban J connectivity index is 2.68. The number of hydrogen-bond donors (Lipinski definition) is 2. The lowest BCUT2D eigenvalue weighted by Gasteiger charge is -2.45. The SMILES string of the molecule is CC(O)C(C)N1C(C)CCCC1CN. The van der Waals surface area contributed by atoms with Gasteiger partial charge in [0.15, 0.2) is 0 Å². The smallest absolute Gasteiger partial charge is 0.0664 e. The van der Waals surface area contributed by atoms with Crippen molar-refractivity contribution in [1.82, 2.24) is 4.90 Å². The Morgan fingerprint density at radius 3 is 2.57 bits per heavy atom. The predicted molar refractivity (Wildman–Crippen MR) is 59.1 cm³/mol. The van der Waals surface area contributed by atoms with Crippen LogP contribution in [0.15, 0.2) is 0 Å². The molecule has 0 aromatic rings. The molecule has 3 N–H and O–H groups in total. The number of nitrogens with zero attached hydrogens (tertiary/aromatic N) is 1. The number of aliphatic hydroxyl groups is 1. The van der Waals surface area contributed by atoms with Gasteiger partial charge in [-0.15, -0.1) is 0 Å². The van der Waals surface area contributed by atoms with Gasteiger partial charge in [0.2, 0.25) is 0 Å². The first-order valence-electron chi connectivity index (χ1n) is 5.73. The summed E-state index contributed by atoms with van der Waals surface area (Å²) in [5.41, 5.74) is 5.77. The molecule has 3 nitrogen and oxygen atoms in total. The number of likely N-dealkylation sites (tertiary alicyclic amines) is 1. The van der Waals surface area contributed by atoms with Gasteiger partial charge in [0.25, 0.3) is 0 Å². The Bertz CT molecular complexity index is 171. The molecule has 0 saturated carbocycles. The summed E-state index contributed by atoms with van der Waals surface area (Å²) in [5, 5.41) is 9.62. The fourth-order valence-electron chi connectivity index (χ4n) is 2.53. The van der Waals surface area contributed by atoms with Gasteiger partial charge < -0.3 is 10.8 Å². The van der Waals surface area contributed by atoms with Gasteiger partial charge in [-0.25, -0.2) is 0 Å². The van der Waals surface area contributed by atoms with E-state index in [0.29, 0.717) is 18.6 Å². The molecule has 1 aliphatic heterocycles. The van der Waals surface area contributed by atoms with Gasteiger partial charge in [0, 0.05) is 24.7 Å². The van der Waals surface area contributed by atoms with Crippen LogP contribution in [0, 0.1) is 0 Å². The first kappa shape index (κ1) is 12.0. The fourth-order valence-corrected chi connectivity index (χ4v) is 2.53. The van der Waals surface area contributed by atoms with Crippen LogP contribution < -0.4 is 5.73 Å². The Morgan fingerprint density at radius 1 is 1.43 bits per heavy atom. The lowest BCUT2D eigenvalue weighted by molar-refractivity contribution is -0.00280. The van der Waals surface area contributed by atoms with E-state index in [1.165, 1.54) is 19.3 Å². The van der Waals surface area contributed by atoms with Crippen LogP contribution in [0.1, 0.15) is 40.0 Å². The highest BCUT2D eigenvalue weighted by Crippen LogP contribution is 2.25. The van der Waals surface area contributed by atoms with Crippen molar-refractivity contribution in [3.8, 4) is 0 Å². The van der Waals surface area contributed by atoms with E-state index in [4.69, 9.17) is 5.73 Å². The topological polar surface area (TPSA) is 49.5 Å². The Hall–Kier alpha value is -0.120. The number of hydrogen-bond acceptors (Lipinski definition) is 3. The van der Waals surface area contributed by atoms with Gasteiger partial charge in [-0.1, -0.05) is 6.42 Å². The van der Waals surface area contributed by atoms with Crippen LogP contribution in [0.5, 0.6) is 0 Å². The Morgan fingerprint density at radius 2 is 2.07 bits per heavy atom.